The lowest BCUT2D eigenvalue weighted by atomic mass is 10.1. The van der Waals surface area contributed by atoms with E-state index in [4.69, 9.17) is 5.26 Å². The molecule has 0 heterocycles. The molecule has 4 nitrogen and oxygen atoms in total. The molecule has 118 valence electrons. The number of anilines is 1. The SMILES string of the molecule is CCc1ccc(CN(C)C(=O)Nc2ccc(F)cc2C#N)cc1. The molecule has 0 fully saturated rings. The molecule has 0 bridgehead atoms. The fourth-order valence-electron chi connectivity index (χ4n) is 2.15. The topological polar surface area (TPSA) is 56.1 Å². The Hall–Kier alpha value is -2.87. The maximum atomic E-state index is 13.1. The molecule has 0 saturated heterocycles. The van der Waals surface area contributed by atoms with E-state index in [0.29, 0.717) is 12.2 Å². The Morgan fingerprint density at radius 3 is 2.48 bits per heavy atom. The predicted molar refractivity (Wildman–Crippen MR) is 87.4 cm³/mol. The normalized spacial score (nSPS) is 10.0. The second kappa shape index (κ2) is 7.41. The first-order chi connectivity index (χ1) is 11.0. The molecule has 2 aromatic rings. The van der Waals surface area contributed by atoms with Gasteiger partial charge in [0, 0.05) is 13.6 Å². The Balaban J connectivity index is 2.04. The van der Waals surface area contributed by atoms with Crippen LogP contribution in [-0.4, -0.2) is 18.0 Å². The number of amides is 2. The van der Waals surface area contributed by atoms with Crippen molar-refractivity contribution >= 4 is 11.7 Å². The molecule has 2 rings (SSSR count). The molecule has 0 unspecified atom stereocenters. The molecule has 0 aromatic heterocycles. The lowest BCUT2D eigenvalue weighted by Crippen LogP contribution is -2.31. The number of hydrogen-bond acceptors (Lipinski definition) is 2. The van der Waals surface area contributed by atoms with Gasteiger partial charge < -0.3 is 10.2 Å². The number of halogens is 1. The molecule has 23 heavy (non-hydrogen) atoms. The molecule has 0 aliphatic heterocycles. The van der Waals surface area contributed by atoms with Crippen LogP contribution in [0.25, 0.3) is 0 Å². The van der Waals surface area contributed by atoms with Crippen molar-refractivity contribution in [3.05, 3.63) is 65.0 Å². The van der Waals surface area contributed by atoms with Gasteiger partial charge in [-0.2, -0.15) is 5.26 Å². The van der Waals surface area contributed by atoms with Crippen molar-refractivity contribution in [1.82, 2.24) is 4.90 Å². The molecule has 0 saturated carbocycles. The summed E-state index contributed by atoms with van der Waals surface area (Å²) in [6.07, 6.45) is 0.970. The van der Waals surface area contributed by atoms with E-state index < -0.39 is 5.82 Å². The highest BCUT2D eigenvalue weighted by molar-refractivity contribution is 5.90. The van der Waals surface area contributed by atoms with E-state index >= 15 is 0 Å². The Morgan fingerprint density at radius 2 is 1.87 bits per heavy atom. The molecule has 0 spiro atoms. The van der Waals surface area contributed by atoms with Crippen LogP contribution in [0.3, 0.4) is 0 Å². The van der Waals surface area contributed by atoms with Gasteiger partial charge in [0.2, 0.25) is 0 Å². The van der Waals surface area contributed by atoms with E-state index in [0.717, 1.165) is 18.1 Å². The van der Waals surface area contributed by atoms with Crippen LogP contribution in [0, 0.1) is 17.1 Å². The van der Waals surface area contributed by atoms with Gasteiger partial charge in [-0.25, -0.2) is 9.18 Å². The van der Waals surface area contributed by atoms with Gasteiger partial charge in [0.25, 0.3) is 0 Å². The van der Waals surface area contributed by atoms with Crippen LogP contribution < -0.4 is 5.32 Å². The molecule has 0 aliphatic rings. The quantitative estimate of drug-likeness (QED) is 0.930. The zero-order valence-electron chi connectivity index (χ0n) is 13.1. The molecular formula is C18H18FN3O. The second-order valence-corrected chi connectivity index (χ2v) is 5.26. The molecule has 2 amide bonds. The number of hydrogen-bond donors (Lipinski definition) is 1. The van der Waals surface area contributed by atoms with E-state index in [1.807, 2.05) is 30.3 Å². The zero-order chi connectivity index (χ0) is 16.8. The van der Waals surface area contributed by atoms with E-state index in [-0.39, 0.29) is 11.6 Å². The fraction of sp³-hybridized carbons (Fsp3) is 0.222. The van der Waals surface area contributed by atoms with E-state index in [1.165, 1.54) is 22.6 Å². The fourth-order valence-corrected chi connectivity index (χ4v) is 2.15. The molecular weight excluding hydrogens is 293 g/mol. The number of urea groups is 1. The van der Waals surface area contributed by atoms with Gasteiger partial charge >= 0.3 is 6.03 Å². The number of benzene rings is 2. The van der Waals surface area contributed by atoms with E-state index in [9.17, 15) is 9.18 Å². The summed E-state index contributed by atoms with van der Waals surface area (Å²) in [6, 6.07) is 13.3. The van der Waals surface area contributed by atoms with Crippen LogP contribution in [0.2, 0.25) is 0 Å². The first-order valence-electron chi connectivity index (χ1n) is 7.33. The van der Waals surface area contributed by atoms with Crippen LogP contribution in [0.15, 0.2) is 42.5 Å². The summed E-state index contributed by atoms with van der Waals surface area (Å²) in [7, 11) is 1.67. The van der Waals surface area contributed by atoms with Gasteiger partial charge in [-0.3, -0.25) is 0 Å². The average Bonchev–Trinajstić information content (AvgIpc) is 2.57. The minimum atomic E-state index is -0.510. The van der Waals surface area contributed by atoms with Crippen LogP contribution >= 0.6 is 0 Å². The molecule has 5 heteroatoms. The molecule has 2 aromatic carbocycles. The third-order valence-electron chi connectivity index (χ3n) is 3.54. The second-order valence-electron chi connectivity index (χ2n) is 5.26. The Bertz CT molecular complexity index is 735. The van der Waals surface area contributed by atoms with Crippen molar-refractivity contribution in [1.29, 1.82) is 5.26 Å². The van der Waals surface area contributed by atoms with Gasteiger partial charge in [-0.1, -0.05) is 31.2 Å². The van der Waals surface area contributed by atoms with Crippen LogP contribution in [0.4, 0.5) is 14.9 Å². The lowest BCUT2D eigenvalue weighted by molar-refractivity contribution is 0.220. The van der Waals surface area contributed by atoms with Crippen molar-refractivity contribution < 1.29 is 9.18 Å². The Labute approximate surface area is 135 Å². The van der Waals surface area contributed by atoms with Crippen molar-refractivity contribution in [2.24, 2.45) is 0 Å². The van der Waals surface area contributed by atoms with Gasteiger partial charge in [0.1, 0.15) is 11.9 Å². The monoisotopic (exact) mass is 311 g/mol. The summed E-state index contributed by atoms with van der Waals surface area (Å²) < 4.78 is 13.1. The smallest absolute Gasteiger partial charge is 0.321 e. The Kier molecular flexibility index (Phi) is 5.32. The van der Waals surface area contributed by atoms with Gasteiger partial charge in [-0.15, -0.1) is 0 Å². The van der Waals surface area contributed by atoms with Crippen molar-refractivity contribution in [3.63, 3.8) is 0 Å². The summed E-state index contributed by atoms with van der Waals surface area (Å²) in [6.45, 7) is 2.53. The summed E-state index contributed by atoms with van der Waals surface area (Å²) in [4.78, 5) is 13.7. The minimum absolute atomic E-state index is 0.0963. The molecule has 0 atom stereocenters. The third kappa shape index (κ3) is 4.30. The van der Waals surface area contributed by atoms with E-state index in [1.54, 1.807) is 7.05 Å². The maximum Gasteiger partial charge on any atom is 0.321 e. The van der Waals surface area contributed by atoms with E-state index in [2.05, 4.69) is 12.2 Å². The van der Waals surface area contributed by atoms with Gasteiger partial charge in [0.15, 0.2) is 0 Å². The van der Waals surface area contributed by atoms with Crippen LogP contribution in [-0.2, 0) is 13.0 Å². The Morgan fingerprint density at radius 1 is 1.22 bits per heavy atom. The summed E-state index contributed by atoms with van der Waals surface area (Å²) in [5, 5.41) is 11.6. The minimum Gasteiger partial charge on any atom is -0.323 e. The van der Waals surface area contributed by atoms with Gasteiger partial charge in [0.05, 0.1) is 11.3 Å². The zero-order valence-corrected chi connectivity index (χ0v) is 13.1. The maximum absolute atomic E-state index is 13.1. The molecule has 0 aliphatic carbocycles. The summed E-state index contributed by atoms with van der Waals surface area (Å²) in [5.74, 6) is -0.510. The highest BCUT2D eigenvalue weighted by Crippen LogP contribution is 2.17. The molecule has 1 N–H and O–H groups in total. The number of carbonyl (C=O) groups excluding carboxylic acids is 1. The highest BCUT2D eigenvalue weighted by Gasteiger charge is 2.12. The summed E-state index contributed by atoms with van der Waals surface area (Å²) >= 11 is 0. The lowest BCUT2D eigenvalue weighted by Gasteiger charge is -2.18. The first kappa shape index (κ1) is 16.5. The number of nitrogens with one attached hydrogen (secondary N) is 1. The number of nitrogens with zero attached hydrogens (tertiary/aromatic N) is 2. The first-order valence-corrected chi connectivity index (χ1v) is 7.33. The largest absolute Gasteiger partial charge is 0.323 e. The highest BCUT2D eigenvalue weighted by atomic mass is 19.1. The van der Waals surface area contributed by atoms with Crippen LogP contribution in [0.5, 0.6) is 0 Å². The number of carbonyl (C=O) groups is 1. The van der Waals surface area contributed by atoms with Crippen molar-refractivity contribution in [2.45, 2.75) is 19.9 Å². The van der Waals surface area contributed by atoms with Crippen molar-refractivity contribution in [3.8, 4) is 6.07 Å². The van der Waals surface area contributed by atoms with Crippen LogP contribution in [0.1, 0.15) is 23.6 Å². The average molecular weight is 311 g/mol. The predicted octanol–water partition coefficient (Wildman–Crippen LogP) is 3.92. The van der Waals surface area contributed by atoms with Gasteiger partial charge in [-0.05, 0) is 35.7 Å². The van der Waals surface area contributed by atoms with Crippen molar-refractivity contribution in [2.75, 3.05) is 12.4 Å². The third-order valence-corrected chi connectivity index (χ3v) is 3.54. The number of rotatable bonds is 4. The number of aryl methyl sites for hydroxylation is 1. The standard InChI is InChI=1S/C18H18FN3O/c1-3-13-4-6-14(7-5-13)12-22(2)18(23)21-17-9-8-16(19)10-15(17)11-20/h4-10H,3,12H2,1-2H3,(H,21,23). The molecule has 0 radical (unpaired) electrons. The summed E-state index contributed by atoms with van der Waals surface area (Å²) in [5.41, 5.74) is 2.65. The number of nitriles is 1.